The van der Waals surface area contributed by atoms with Crippen LogP contribution in [0.2, 0.25) is 0 Å². The van der Waals surface area contributed by atoms with E-state index >= 15 is 0 Å². The monoisotopic (exact) mass is 401 g/mol. The van der Waals surface area contributed by atoms with E-state index < -0.39 is 11.8 Å². The number of hydrogen-bond acceptors (Lipinski definition) is 4. The first-order valence-electron chi connectivity index (χ1n) is 9.63. The zero-order chi connectivity index (χ0) is 20.9. The molecule has 5 heteroatoms. The zero-order valence-corrected chi connectivity index (χ0v) is 16.5. The molecule has 0 aliphatic heterocycles. The van der Waals surface area contributed by atoms with Gasteiger partial charge in [-0.25, -0.2) is 14.2 Å². The lowest BCUT2D eigenvalue weighted by molar-refractivity contribution is 0.0450. The second-order valence-corrected chi connectivity index (χ2v) is 6.85. The molecule has 0 fully saturated rings. The van der Waals surface area contributed by atoms with Crippen LogP contribution in [0.5, 0.6) is 5.75 Å². The summed E-state index contributed by atoms with van der Waals surface area (Å²) in [6.45, 7) is 2.08. The van der Waals surface area contributed by atoms with E-state index in [1.54, 1.807) is 18.2 Å². The standard InChI is InChI=1S/C25H20FNO3/c1-17-10-12-18(13-11-17)23-16-20(19-6-2-4-8-22(19)27-23)25(28)30-15-14-29-24-9-5-3-7-21(24)26/h2-13,16H,14-15H2,1H3. The van der Waals surface area contributed by atoms with Crippen LogP contribution in [0.15, 0.2) is 78.9 Å². The van der Waals surface area contributed by atoms with Crippen LogP contribution in [0.4, 0.5) is 4.39 Å². The summed E-state index contributed by atoms with van der Waals surface area (Å²) in [5.74, 6) is -0.796. The molecule has 4 rings (SSSR count). The van der Waals surface area contributed by atoms with Crippen molar-refractivity contribution in [2.45, 2.75) is 6.92 Å². The third-order valence-corrected chi connectivity index (χ3v) is 4.69. The lowest BCUT2D eigenvalue weighted by Crippen LogP contribution is -2.13. The number of para-hydroxylation sites is 2. The number of aromatic nitrogens is 1. The first-order valence-corrected chi connectivity index (χ1v) is 9.63. The fourth-order valence-corrected chi connectivity index (χ4v) is 3.14. The first-order chi connectivity index (χ1) is 14.6. The van der Waals surface area contributed by atoms with Crippen molar-refractivity contribution >= 4 is 16.9 Å². The molecule has 150 valence electrons. The van der Waals surface area contributed by atoms with Crippen molar-refractivity contribution < 1.29 is 18.7 Å². The number of carbonyl (C=O) groups excluding carboxylic acids is 1. The van der Waals surface area contributed by atoms with Gasteiger partial charge < -0.3 is 9.47 Å². The van der Waals surface area contributed by atoms with E-state index in [9.17, 15) is 9.18 Å². The average molecular weight is 401 g/mol. The number of hydrogen-bond donors (Lipinski definition) is 0. The van der Waals surface area contributed by atoms with Gasteiger partial charge in [0.2, 0.25) is 0 Å². The topological polar surface area (TPSA) is 48.4 Å². The molecule has 0 saturated heterocycles. The number of pyridine rings is 1. The third-order valence-electron chi connectivity index (χ3n) is 4.69. The van der Waals surface area contributed by atoms with Crippen LogP contribution in [0.1, 0.15) is 15.9 Å². The Morgan fingerprint density at radius 1 is 0.933 bits per heavy atom. The lowest BCUT2D eigenvalue weighted by Gasteiger charge is -2.11. The Kier molecular flexibility index (Phi) is 5.70. The highest BCUT2D eigenvalue weighted by Gasteiger charge is 2.15. The van der Waals surface area contributed by atoms with Gasteiger partial charge in [-0.05, 0) is 31.2 Å². The van der Waals surface area contributed by atoms with Crippen molar-refractivity contribution in [1.82, 2.24) is 4.98 Å². The molecule has 0 amide bonds. The van der Waals surface area contributed by atoms with Crippen molar-refractivity contribution in [2.75, 3.05) is 13.2 Å². The molecule has 0 bridgehead atoms. The molecule has 0 aliphatic rings. The Labute approximate surface area is 173 Å². The molecule has 1 heterocycles. The van der Waals surface area contributed by atoms with Gasteiger partial charge in [0.15, 0.2) is 11.6 Å². The van der Waals surface area contributed by atoms with Crippen LogP contribution in [-0.2, 0) is 4.74 Å². The van der Waals surface area contributed by atoms with Crippen molar-refractivity contribution in [3.05, 3.63) is 95.8 Å². The summed E-state index contributed by atoms with van der Waals surface area (Å²) in [4.78, 5) is 17.5. The number of benzene rings is 3. The van der Waals surface area contributed by atoms with Gasteiger partial charge in [0.25, 0.3) is 0 Å². The van der Waals surface area contributed by atoms with Gasteiger partial charge in [-0.2, -0.15) is 0 Å². The minimum atomic E-state index is -0.473. The van der Waals surface area contributed by atoms with Crippen LogP contribution >= 0.6 is 0 Å². The Bertz CT molecular complexity index is 1190. The largest absolute Gasteiger partial charge is 0.487 e. The number of fused-ring (bicyclic) bond motifs is 1. The maximum absolute atomic E-state index is 13.6. The van der Waals surface area contributed by atoms with Gasteiger partial charge in [0.05, 0.1) is 16.8 Å². The summed E-state index contributed by atoms with van der Waals surface area (Å²) in [6.07, 6.45) is 0. The highest BCUT2D eigenvalue weighted by atomic mass is 19.1. The highest BCUT2D eigenvalue weighted by molar-refractivity contribution is 6.04. The molecule has 0 spiro atoms. The van der Waals surface area contributed by atoms with Crippen LogP contribution in [0.25, 0.3) is 22.2 Å². The highest BCUT2D eigenvalue weighted by Crippen LogP contribution is 2.26. The second kappa shape index (κ2) is 8.74. The minimum absolute atomic E-state index is 0.00365. The normalized spacial score (nSPS) is 10.7. The smallest absolute Gasteiger partial charge is 0.339 e. The molecule has 0 saturated carbocycles. The maximum atomic E-state index is 13.6. The number of ether oxygens (including phenoxy) is 2. The molecule has 0 radical (unpaired) electrons. The SMILES string of the molecule is Cc1ccc(-c2cc(C(=O)OCCOc3ccccc3F)c3ccccc3n2)cc1. The summed E-state index contributed by atoms with van der Waals surface area (Å²) >= 11 is 0. The average Bonchev–Trinajstić information content (AvgIpc) is 2.77. The molecular formula is C25H20FNO3. The van der Waals surface area contributed by atoms with Crippen molar-refractivity contribution in [1.29, 1.82) is 0 Å². The zero-order valence-electron chi connectivity index (χ0n) is 16.5. The van der Waals surface area contributed by atoms with Gasteiger partial charge in [-0.15, -0.1) is 0 Å². The summed E-state index contributed by atoms with van der Waals surface area (Å²) in [5, 5.41) is 0.716. The fraction of sp³-hybridized carbons (Fsp3) is 0.120. The lowest BCUT2D eigenvalue weighted by atomic mass is 10.0. The van der Waals surface area contributed by atoms with Crippen LogP contribution in [0, 0.1) is 12.7 Å². The Morgan fingerprint density at radius 3 is 2.47 bits per heavy atom. The number of carbonyl (C=O) groups is 1. The molecule has 0 aliphatic carbocycles. The molecular weight excluding hydrogens is 381 g/mol. The molecule has 30 heavy (non-hydrogen) atoms. The van der Waals surface area contributed by atoms with E-state index in [4.69, 9.17) is 9.47 Å². The van der Waals surface area contributed by atoms with Crippen LogP contribution in [0.3, 0.4) is 0 Å². The number of nitrogens with zero attached hydrogens (tertiary/aromatic N) is 1. The van der Waals surface area contributed by atoms with E-state index in [1.165, 1.54) is 12.1 Å². The molecule has 0 atom stereocenters. The first kappa shape index (κ1) is 19.6. The summed E-state index contributed by atoms with van der Waals surface area (Å²) < 4.78 is 24.3. The third kappa shape index (κ3) is 4.30. The van der Waals surface area contributed by atoms with E-state index in [-0.39, 0.29) is 19.0 Å². The number of aryl methyl sites for hydroxylation is 1. The van der Waals surface area contributed by atoms with Gasteiger partial charge in [-0.3, -0.25) is 0 Å². The molecule has 0 unspecified atom stereocenters. The summed E-state index contributed by atoms with van der Waals surface area (Å²) in [5.41, 5.74) is 3.91. The molecule has 4 nitrogen and oxygen atoms in total. The van der Waals surface area contributed by atoms with E-state index in [2.05, 4.69) is 4.98 Å². The van der Waals surface area contributed by atoms with Gasteiger partial charge >= 0.3 is 5.97 Å². The molecule has 1 aromatic heterocycles. The number of esters is 1. The quantitative estimate of drug-likeness (QED) is 0.312. The van der Waals surface area contributed by atoms with Gasteiger partial charge in [0.1, 0.15) is 13.2 Å². The second-order valence-electron chi connectivity index (χ2n) is 6.85. The Morgan fingerprint density at radius 2 is 1.67 bits per heavy atom. The maximum Gasteiger partial charge on any atom is 0.339 e. The molecule has 3 aromatic carbocycles. The van der Waals surface area contributed by atoms with E-state index in [1.807, 2.05) is 55.5 Å². The minimum Gasteiger partial charge on any atom is -0.487 e. The van der Waals surface area contributed by atoms with E-state index in [0.29, 0.717) is 22.2 Å². The Hall–Kier alpha value is -3.73. The Balaban J connectivity index is 1.54. The van der Waals surface area contributed by atoms with Gasteiger partial charge in [-0.1, -0.05) is 60.2 Å². The van der Waals surface area contributed by atoms with Crippen LogP contribution < -0.4 is 4.74 Å². The molecule has 4 aromatic rings. The van der Waals surface area contributed by atoms with Crippen molar-refractivity contribution in [3.63, 3.8) is 0 Å². The van der Waals surface area contributed by atoms with E-state index in [0.717, 1.165) is 11.1 Å². The number of rotatable bonds is 6. The van der Waals surface area contributed by atoms with Crippen LogP contribution in [-0.4, -0.2) is 24.2 Å². The predicted molar refractivity (Wildman–Crippen MR) is 114 cm³/mol. The number of halogens is 1. The van der Waals surface area contributed by atoms with Crippen molar-refractivity contribution in [2.24, 2.45) is 0 Å². The summed E-state index contributed by atoms with van der Waals surface area (Å²) in [6, 6.07) is 23.3. The van der Waals surface area contributed by atoms with Crippen molar-refractivity contribution in [3.8, 4) is 17.0 Å². The van der Waals surface area contributed by atoms with Gasteiger partial charge in [0, 0.05) is 10.9 Å². The summed E-state index contributed by atoms with van der Waals surface area (Å²) in [7, 11) is 0. The fourth-order valence-electron chi connectivity index (χ4n) is 3.14. The molecule has 0 N–H and O–H groups in total. The predicted octanol–water partition coefficient (Wildman–Crippen LogP) is 5.59.